The molecule has 1 rings (SSSR count). The van der Waals surface area contributed by atoms with Crippen LogP contribution in [0.3, 0.4) is 0 Å². The monoisotopic (exact) mass is 232 g/mol. The zero-order chi connectivity index (χ0) is 12.4. The van der Waals surface area contributed by atoms with Crippen molar-refractivity contribution >= 4 is 0 Å². The van der Waals surface area contributed by atoms with Gasteiger partial charge in [0.15, 0.2) is 0 Å². The van der Waals surface area contributed by atoms with E-state index in [1.165, 1.54) is 6.42 Å². The Kier molecular flexibility index (Phi) is 9.86. The summed E-state index contributed by atoms with van der Waals surface area (Å²) in [5.41, 5.74) is 3.13. The van der Waals surface area contributed by atoms with Gasteiger partial charge in [-0.15, -0.1) is 0 Å². The second-order valence-corrected chi connectivity index (χ2v) is 4.25. The molecule has 0 saturated carbocycles. The molecule has 1 saturated heterocycles. The Morgan fingerprint density at radius 3 is 2.25 bits per heavy atom. The molecule has 0 amide bonds. The molecule has 16 heavy (non-hydrogen) atoms. The second-order valence-electron chi connectivity index (χ2n) is 4.25. The third-order valence-corrected chi connectivity index (χ3v) is 2.03. The molecule has 1 aliphatic rings. The number of nitrogens with zero attached hydrogens (tertiary/aromatic N) is 2. The Bertz CT molecular complexity index is 151. The van der Waals surface area contributed by atoms with Gasteiger partial charge in [-0.25, -0.2) is 5.01 Å². The molecule has 0 aliphatic carbocycles. The van der Waals surface area contributed by atoms with E-state index in [1.807, 2.05) is 24.1 Å². The summed E-state index contributed by atoms with van der Waals surface area (Å²) in [7, 11) is 3.99. The van der Waals surface area contributed by atoms with Crippen LogP contribution in [0.1, 0.15) is 26.7 Å². The lowest BCUT2D eigenvalue weighted by atomic mass is 10.4. The number of epoxide rings is 1. The van der Waals surface area contributed by atoms with Crippen molar-refractivity contribution in [1.82, 2.24) is 15.4 Å². The lowest BCUT2D eigenvalue weighted by Crippen LogP contribution is -2.35. The smallest absolute Gasteiger partial charge is 0.0950 e. The van der Waals surface area contributed by atoms with Gasteiger partial charge in [0.1, 0.15) is 0 Å². The number of hydrogen-bond donors (Lipinski definition) is 2. The molecular formula is C11H28N4O. The molecule has 1 atom stereocenters. The van der Waals surface area contributed by atoms with E-state index in [1.54, 1.807) is 0 Å². The maximum Gasteiger partial charge on any atom is 0.0950 e. The molecule has 0 aromatic rings. The molecule has 0 radical (unpaired) electrons. The number of hydrogen-bond acceptors (Lipinski definition) is 5. The number of hydrazine groups is 2. The molecule has 5 heteroatoms. The first-order chi connectivity index (χ1) is 7.60. The van der Waals surface area contributed by atoms with Gasteiger partial charge < -0.3 is 4.74 Å². The predicted octanol–water partition coefficient (Wildman–Crippen LogP) is 0.434. The van der Waals surface area contributed by atoms with Gasteiger partial charge in [-0.1, -0.05) is 13.8 Å². The molecule has 1 aliphatic heterocycles. The zero-order valence-electron chi connectivity index (χ0n) is 11.2. The number of ether oxygens (including phenoxy) is 1. The fourth-order valence-corrected chi connectivity index (χ4v) is 1.15. The van der Waals surface area contributed by atoms with E-state index in [-0.39, 0.29) is 0 Å². The molecule has 98 valence electrons. The summed E-state index contributed by atoms with van der Waals surface area (Å²) in [6.07, 6.45) is 2.74. The molecule has 1 unspecified atom stereocenters. The van der Waals surface area contributed by atoms with Crippen molar-refractivity contribution in [2.45, 2.75) is 32.8 Å². The Balaban J connectivity index is 0.000000293. The molecule has 3 N–H and O–H groups in total. The molecular weight excluding hydrogens is 204 g/mol. The van der Waals surface area contributed by atoms with Gasteiger partial charge in [0, 0.05) is 33.7 Å². The zero-order valence-corrected chi connectivity index (χ0v) is 11.2. The average molecular weight is 232 g/mol. The van der Waals surface area contributed by atoms with Crippen LogP contribution < -0.4 is 11.3 Å². The van der Waals surface area contributed by atoms with Crippen LogP contribution in [0, 0.1) is 0 Å². The molecule has 1 heterocycles. The van der Waals surface area contributed by atoms with Crippen LogP contribution in [0.4, 0.5) is 0 Å². The van der Waals surface area contributed by atoms with Crippen LogP contribution in [-0.4, -0.2) is 56.5 Å². The van der Waals surface area contributed by atoms with Crippen molar-refractivity contribution < 1.29 is 4.74 Å². The minimum Gasteiger partial charge on any atom is -0.372 e. The first-order valence-corrected chi connectivity index (χ1v) is 6.12. The van der Waals surface area contributed by atoms with E-state index in [2.05, 4.69) is 19.3 Å². The highest BCUT2D eigenvalue weighted by Crippen LogP contribution is 2.08. The van der Waals surface area contributed by atoms with Crippen LogP contribution in [0.15, 0.2) is 0 Å². The van der Waals surface area contributed by atoms with Crippen molar-refractivity contribution in [3.8, 4) is 0 Å². The van der Waals surface area contributed by atoms with Gasteiger partial charge in [-0.3, -0.25) is 16.3 Å². The van der Waals surface area contributed by atoms with E-state index >= 15 is 0 Å². The summed E-state index contributed by atoms with van der Waals surface area (Å²) < 4.78 is 5.00. The lowest BCUT2D eigenvalue weighted by Gasteiger charge is -2.12. The third kappa shape index (κ3) is 11.9. The Morgan fingerprint density at radius 2 is 1.94 bits per heavy atom. The number of rotatable bonds is 7. The minimum atomic E-state index is 0.432. The quantitative estimate of drug-likeness (QED) is 0.379. The third-order valence-electron chi connectivity index (χ3n) is 2.03. The van der Waals surface area contributed by atoms with E-state index in [0.717, 1.165) is 32.7 Å². The highest BCUT2D eigenvalue weighted by molar-refractivity contribution is 4.71. The van der Waals surface area contributed by atoms with Crippen molar-refractivity contribution in [1.29, 1.82) is 0 Å². The van der Waals surface area contributed by atoms with Crippen molar-refractivity contribution in [3.05, 3.63) is 0 Å². The maximum atomic E-state index is 5.58. The van der Waals surface area contributed by atoms with Crippen molar-refractivity contribution in [3.63, 3.8) is 0 Å². The summed E-state index contributed by atoms with van der Waals surface area (Å²) >= 11 is 0. The van der Waals surface area contributed by atoms with Gasteiger partial charge in [-0.2, -0.15) is 0 Å². The molecule has 5 nitrogen and oxygen atoms in total. The molecule has 0 bridgehead atoms. The molecule has 0 aromatic heterocycles. The van der Waals surface area contributed by atoms with Gasteiger partial charge in [0.2, 0.25) is 0 Å². The highest BCUT2D eigenvalue weighted by Gasteiger charge is 2.23. The SMILES string of the molecule is CCCN(N)CC1CO1.CCCNN(C)C. The predicted molar refractivity (Wildman–Crippen MR) is 67.8 cm³/mol. The molecule has 0 aromatic carbocycles. The average Bonchev–Trinajstić information content (AvgIpc) is 3.00. The Hall–Kier alpha value is -0.200. The van der Waals surface area contributed by atoms with Crippen LogP contribution in [0.2, 0.25) is 0 Å². The summed E-state index contributed by atoms with van der Waals surface area (Å²) in [6.45, 7) is 8.11. The summed E-state index contributed by atoms with van der Waals surface area (Å²) in [5.74, 6) is 5.58. The summed E-state index contributed by atoms with van der Waals surface area (Å²) in [6, 6.07) is 0. The second kappa shape index (κ2) is 9.99. The summed E-state index contributed by atoms with van der Waals surface area (Å²) in [5, 5.41) is 3.78. The summed E-state index contributed by atoms with van der Waals surface area (Å²) in [4.78, 5) is 0. The minimum absolute atomic E-state index is 0.432. The number of nitrogens with two attached hydrogens (primary N) is 1. The van der Waals surface area contributed by atoms with Crippen molar-refractivity contribution in [2.75, 3.05) is 40.3 Å². The van der Waals surface area contributed by atoms with Crippen LogP contribution in [0.25, 0.3) is 0 Å². The number of nitrogens with one attached hydrogen (secondary N) is 1. The largest absolute Gasteiger partial charge is 0.372 e. The fourth-order valence-electron chi connectivity index (χ4n) is 1.15. The van der Waals surface area contributed by atoms with Gasteiger partial charge in [0.05, 0.1) is 12.7 Å². The van der Waals surface area contributed by atoms with E-state index < -0.39 is 0 Å². The van der Waals surface area contributed by atoms with Crippen LogP contribution in [-0.2, 0) is 4.74 Å². The normalized spacial score (nSPS) is 18.6. The molecule has 0 spiro atoms. The Labute approximate surface area is 99.9 Å². The lowest BCUT2D eigenvalue weighted by molar-refractivity contribution is 0.248. The molecule has 1 fully saturated rings. The highest BCUT2D eigenvalue weighted by atomic mass is 16.6. The van der Waals surface area contributed by atoms with Gasteiger partial charge >= 0.3 is 0 Å². The van der Waals surface area contributed by atoms with Gasteiger partial charge in [0.25, 0.3) is 0 Å². The van der Waals surface area contributed by atoms with E-state index in [9.17, 15) is 0 Å². The van der Waals surface area contributed by atoms with E-state index in [4.69, 9.17) is 10.6 Å². The first-order valence-electron chi connectivity index (χ1n) is 6.12. The van der Waals surface area contributed by atoms with E-state index in [0.29, 0.717) is 6.10 Å². The van der Waals surface area contributed by atoms with Crippen LogP contribution >= 0.6 is 0 Å². The van der Waals surface area contributed by atoms with Gasteiger partial charge in [-0.05, 0) is 12.8 Å². The van der Waals surface area contributed by atoms with Crippen molar-refractivity contribution in [2.24, 2.45) is 5.84 Å². The maximum absolute atomic E-state index is 5.58. The first kappa shape index (κ1) is 15.8. The standard InChI is InChI=1S/C6H14N2O.C5H14N2/c1-2-3-8(7)4-6-5-9-6;1-4-5-6-7(2)3/h6H,2-5,7H2,1H3;6H,4-5H2,1-3H3. The van der Waals surface area contributed by atoms with Crippen LogP contribution in [0.5, 0.6) is 0 Å². The fraction of sp³-hybridized carbons (Fsp3) is 1.00. The Morgan fingerprint density at radius 1 is 1.31 bits per heavy atom. The topological polar surface area (TPSA) is 57.1 Å².